The smallest absolute Gasteiger partial charge is 0.305 e. The largest absolute Gasteiger partial charge is 0.469 e. The second-order valence-electron chi connectivity index (χ2n) is 2.41. The van der Waals surface area contributed by atoms with E-state index in [1.807, 2.05) is 13.0 Å². The first-order chi connectivity index (χ1) is 4.70. The van der Waals surface area contributed by atoms with E-state index in [9.17, 15) is 4.79 Å². The maximum atomic E-state index is 10.6. The minimum atomic E-state index is -0.144. The minimum Gasteiger partial charge on any atom is -0.469 e. The molecule has 0 aliphatic carbocycles. The van der Waals surface area contributed by atoms with Crippen molar-refractivity contribution in [2.24, 2.45) is 5.92 Å². The molecule has 0 aliphatic heterocycles. The number of rotatable bonds is 4. The molecule has 0 aromatic rings. The number of esters is 1. The first-order valence-corrected chi connectivity index (χ1v) is 3.38. The van der Waals surface area contributed by atoms with Gasteiger partial charge >= 0.3 is 5.97 Å². The predicted molar refractivity (Wildman–Crippen MR) is 40.6 cm³/mol. The molecule has 58 valence electrons. The van der Waals surface area contributed by atoms with Gasteiger partial charge in [-0.15, -0.1) is 6.58 Å². The Morgan fingerprint density at radius 2 is 2.40 bits per heavy atom. The second-order valence-corrected chi connectivity index (χ2v) is 2.41. The fraction of sp³-hybridized carbons (Fsp3) is 0.625. The van der Waals surface area contributed by atoms with Gasteiger partial charge in [-0.2, -0.15) is 0 Å². The summed E-state index contributed by atoms with van der Waals surface area (Å²) >= 11 is 0. The van der Waals surface area contributed by atoms with Crippen molar-refractivity contribution in [2.75, 3.05) is 7.11 Å². The monoisotopic (exact) mass is 142 g/mol. The first kappa shape index (κ1) is 9.21. The highest BCUT2D eigenvalue weighted by atomic mass is 16.5. The van der Waals surface area contributed by atoms with Crippen LogP contribution in [-0.4, -0.2) is 13.1 Å². The van der Waals surface area contributed by atoms with E-state index in [0.717, 1.165) is 6.42 Å². The van der Waals surface area contributed by atoms with Gasteiger partial charge in [-0.1, -0.05) is 13.0 Å². The fourth-order valence-corrected chi connectivity index (χ4v) is 0.736. The van der Waals surface area contributed by atoms with Crippen LogP contribution in [0.5, 0.6) is 0 Å². The lowest BCUT2D eigenvalue weighted by molar-refractivity contribution is -0.141. The summed E-state index contributed by atoms with van der Waals surface area (Å²) in [5.41, 5.74) is 0. The average Bonchev–Trinajstić information content (AvgIpc) is 1.88. The Morgan fingerprint density at radius 3 is 2.80 bits per heavy atom. The molecule has 0 N–H and O–H groups in total. The van der Waals surface area contributed by atoms with Crippen LogP contribution in [0.25, 0.3) is 0 Å². The number of allylic oxidation sites excluding steroid dienone is 1. The third-order valence-corrected chi connectivity index (χ3v) is 1.31. The maximum Gasteiger partial charge on any atom is 0.305 e. The van der Waals surface area contributed by atoms with Crippen LogP contribution >= 0.6 is 0 Å². The van der Waals surface area contributed by atoms with Gasteiger partial charge in [0.05, 0.1) is 7.11 Å². The summed E-state index contributed by atoms with van der Waals surface area (Å²) in [5.74, 6) is 0.208. The molecular formula is C8H14O2. The quantitative estimate of drug-likeness (QED) is 0.441. The maximum absolute atomic E-state index is 10.6. The highest BCUT2D eigenvalue weighted by molar-refractivity contribution is 5.69. The summed E-state index contributed by atoms with van der Waals surface area (Å²) < 4.78 is 4.49. The zero-order chi connectivity index (χ0) is 7.98. The number of ether oxygens (including phenoxy) is 1. The molecule has 0 rings (SSSR count). The van der Waals surface area contributed by atoms with Crippen LogP contribution in [0.3, 0.4) is 0 Å². The van der Waals surface area contributed by atoms with Gasteiger partial charge in [0.2, 0.25) is 0 Å². The molecule has 0 fully saturated rings. The van der Waals surface area contributed by atoms with Gasteiger partial charge in [0, 0.05) is 6.42 Å². The average molecular weight is 142 g/mol. The molecule has 0 aromatic carbocycles. The Hall–Kier alpha value is -0.790. The van der Waals surface area contributed by atoms with Crippen molar-refractivity contribution in [1.82, 2.24) is 0 Å². The number of methoxy groups -OCH3 is 1. The van der Waals surface area contributed by atoms with Crippen molar-refractivity contribution in [1.29, 1.82) is 0 Å². The Kier molecular flexibility index (Phi) is 4.63. The van der Waals surface area contributed by atoms with E-state index in [1.54, 1.807) is 0 Å². The second kappa shape index (κ2) is 5.03. The van der Waals surface area contributed by atoms with E-state index >= 15 is 0 Å². The van der Waals surface area contributed by atoms with Crippen LogP contribution in [0.15, 0.2) is 12.7 Å². The fourth-order valence-electron chi connectivity index (χ4n) is 0.736. The van der Waals surface area contributed by atoms with Crippen molar-refractivity contribution >= 4 is 5.97 Å². The molecule has 0 heterocycles. The van der Waals surface area contributed by atoms with Gasteiger partial charge < -0.3 is 4.74 Å². The standard InChI is InChI=1S/C8H14O2/c1-4-5-7(2)6-8(9)10-3/h4,7H,1,5-6H2,2-3H3/t7-/m1/s1. The number of carbonyl (C=O) groups excluding carboxylic acids is 1. The van der Waals surface area contributed by atoms with Crippen LogP contribution in [0.2, 0.25) is 0 Å². The molecule has 0 saturated carbocycles. The SMILES string of the molecule is C=CC[C@@H](C)CC(=O)OC. The summed E-state index contributed by atoms with van der Waals surface area (Å²) in [4.78, 5) is 10.6. The normalized spacial score (nSPS) is 12.2. The molecule has 10 heavy (non-hydrogen) atoms. The zero-order valence-corrected chi connectivity index (χ0v) is 6.59. The molecule has 0 aliphatic rings. The molecule has 2 nitrogen and oxygen atoms in total. The molecule has 0 aromatic heterocycles. The Bertz CT molecular complexity index is 118. The van der Waals surface area contributed by atoms with E-state index in [0.29, 0.717) is 12.3 Å². The lowest BCUT2D eigenvalue weighted by Crippen LogP contribution is -2.06. The molecule has 0 spiro atoms. The van der Waals surface area contributed by atoms with Crippen molar-refractivity contribution in [3.63, 3.8) is 0 Å². The number of hydrogen-bond acceptors (Lipinski definition) is 2. The third-order valence-electron chi connectivity index (χ3n) is 1.31. The van der Waals surface area contributed by atoms with E-state index in [1.165, 1.54) is 7.11 Å². The highest BCUT2D eigenvalue weighted by Crippen LogP contribution is 2.07. The van der Waals surface area contributed by atoms with Crippen molar-refractivity contribution < 1.29 is 9.53 Å². The van der Waals surface area contributed by atoms with Crippen LogP contribution in [-0.2, 0) is 9.53 Å². The molecule has 0 unspecified atom stereocenters. The van der Waals surface area contributed by atoms with Crippen LogP contribution in [0, 0.1) is 5.92 Å². The summed E-state index contributed by atoms with van der Waals surface area (Å²) in [7, 11) is 1.41. The molecule has 0 radical (unpaired) electrons. The van der Waals surface area contributed by atoms with E-state index in [4.69, 9.17) is 0 Å². The lowest BCUT2D eigenvalue weighted by Gasteiger charge is -2.04. The van der Waals surface area contributed by atoms with E-state index in [-0.39, 0.29) is 5.97 Å². The third kappa shape index (κ3) is 4.13. The summed E-state index contributed by atoms with van der Waals surface area (Å²) in [6.45, 7) is 5.58. The Morgan fingerprint density at radius 1 is 1.80 bits per heavy atom. The van der Waals surface area contributed by atoms with Crippen LogP contribution in [0.4, 0.5) is 0 Å². The van der Waals surface area contributed by atoms with Gasteiger partial charge in [0.15, 0.2) is 0 Å². The van der Waals surface area contributed by atoms with Gasteiger partial charge in [0.1, 0.15) is 0 Å². The highest BCUT2D eigenvalue weighted by Gasteiger charge is 2.06. The van der Waals surface area contributed by atoms with Gasteiger partial charge in [0.25, 0.3) is 0 Å². The Labute approximate surface area is 61.9 Å². The van der Waals surface area contributed by atoms with E-state index < -0.39 is 0 Å². The summed E-state index contributed by atoms with van der Waals surface area (Å²) in [5, 5.41) is 0. The summed E-state index contributed by atoms with van der Waals surface area (Å²) in [6.07, 6.45) is 3.17. The van der Waals surface area contributed by atoms with Crippen LogP contribution in [0.1, 0.15) is 19.8 Å². The van der Waals surface area contributed by atoms with Gasteiger partial charge in [-0.3, -0.25) is 4.79 Å². The lowest BCUT2D eigenvalue weighted by atomic mass is 10.0. The van der Waals surface area contributed by atoms with Gasteiger partial charge in [-0.05, 0) is 12.3 Å². The Balaban J connectivity index is 3.46. The molecule has 0 amide bonds. The molecule has 1 atom stereocenters. The number of hydrogen-bond donors (Lipinski definition) is 0. The molecule has 0 bridgehead atoms. The van der Waals surface area contributed by atoms with Crippen molar-refractivity contribution in [3.05, 3.63) is 12.7 Å². The molecule has 0 saturated heterocycles. The number of carbonyl (C=O) groups is 1. The molecule has 2 heteroatoms. The van der Waals surface area contributed by atoms with E-state index in [2.05, 4.69) is 11.3 Å². The zero-order valence-electron chi connectivity index (χ0n) is 6.59. The minimum absolute atomic E-state index is 0.144. The molecular weight excluding hydrogens is 128 g/mol. The predicted octanol–water partition coefficient (Wildman–Crippen LogP) is 1.76. The summed E-state index contributed by atoms with van der Waals surface area (Å²) in [6, 6.07) is 0. The van der Waals surface area contributed by atoms with Crippen molar-refractivity contribution in [3.8, 4) is 0 Å². The topological polar surface area (TPSA) is 26.3 Å². The van der Waals surface area contributed by atoms with Crippen LogP contribution < -0.4 is 0 Å². The van der Waals surface area contributed by atoms with Crippen molar-refractivity contribution in [2.45, 2.75) is 19.8 Å². The first-order valence-electron chi connectivity index (χ1n) is 3.38. The van der Waals surface area contributed by atoms with Gasteiger partial charge in [-0.25, -0.2) is 0 Å².